The number of halogens is 1. The molecule has 0 aromatic heterocycles. The monoisotopic (exact) mass is 400 g/mol. The van der Waals surface area contributed by atoms with Crippen LogP contribution in [0.5, 0.6) is 0 Å². The van der Waals surface area contributed by atoms with E-state index in [1.54, 1.807) is 18.0 Å². The fourth-order valence-electron chi connectivity index (χ4n) is 3.73. The quantitative estimate of drug-likeness (QED) is 0.429. The lowest BCUT2D eigenvalue weighted by Crippen LogP contribution is -2.38. The third-order valence-electron chi connectivity index (χ3n) is 5.89. The number of aryl methyl sites for hydroxylation is 1. The Morgan fingerprint density at radius 3 is 2.69 bits per heavy atom. The van der Waals surface area contributed by atoms with Gasteiger partial charge in [0.15, 0.2) is 0 Å². The number of carbonyl (C=O) groups excluding carboxylic acids is 1. The van der Waals surface area contributed by atoms with E-state index in [4.69, 9.17) is 0 Å². The molecule has 1 fully saturated rings. The summed E-state index contributed by atoms with van der Waals surface area (Å²) in [6, 6.07) is 5.68. The Kier molecular flexibility index (Phi) is 8.94. The third-order valence-corrected chi connectivity index (χ3v) is 5.89. The predicted octanol–water partition coefficient (Wildman–Crippen LogP) is 6.00. The van der Waals surface area contributed by atoms with Gasteiger partial charge < -0.3 is 10.2 Å². The molecule has 0 radical (unpaired) electrons. The van der Waals surface area contributed by atoms with Crippen molar-refractivity contribution in [1.29, 1.82) is 0 Å². The Labute approximate surface area is 176 Å². The van der Waals surface area contributed by atoms with Gasteiger partial charge in [0.05, 0.1) is 0 Å². The normalized spacial score (nSPS) is 14.9. The van der Waals surface area contributed by atoms with E-state index in [-0.39, 0.29) is 17.3 Å². The predicted molar refractivity (Wildman–Crippen MR) is 120 cm³/mol. The minimum Gasteiger partial charge on any atom is -0.341 e. The topological polar surface area (TPSA) is 32.3 Å². The van der Waals surface area contributed by atoms with Gasteiger partial charge in [-0.15, -0.1) is 6.58 Å². The summed E-state index contributed by atoms with van der Waals surface area (Å²) >= 11 is 0. The summed E-state index contributed by atoms with van der Waals surface area (Å²) < 4.78 is 14.2. The van der Waals surface area contributed by atoms with Crippen molar-refractivity contribution in [2.45, 2.75) is 64.2 Å². The average Bonchev–Trinajstić information content (AvgIpc) is 3.49. The van der Waals surface area contributed by atoms with Crippen LogP contribution in [-0.2, 0) is 11.8 Å². The number of urea groups is 1. The van der Waals surface area contributed by atoms with E-state index in [0.717, 1.165) is 37.7 Å². The molecule has 3 nitrogen and oxygen atoms in total. The molecule has 1 aromatic carbocycles. The van der Waals surface area contributed by atoms with Crippen molar-refractivity contribution in [2.24, 2.45) is 5.92 Å². The molecule has 0 bridgehead atoms. The fourth-order valence-corrected chi connectivity index (χ4v) is 3.73. The molecule has 0 heterocycles. The first kappa shape index (κ1) is 23.2. The second-order valence-electron chi connectivity index (χ2n) is 8.61. The number of amides is 2. The van der Waals surface area contributed by atoms with Crippen LogP contribution in [0.25, 0.3) is 0 Å². The lowest BCUT2D eigenvalue weighted by molar-refractivity contribution is 0.206. The largest absolute Gasteiger partial charge is 0.341 e. The molecule has 1 aliphatic carbocycles. The smallest absolute Gasteiger partial charge is 0.317 e. The highest BCUT2D eigenvalue weighted by Crippen LogP contribution is 2.52. The highest BCUT2D eigenvalue weighted by atomic mass is 19.1. The first-order valence-electron chi connectivity index (χ1n) is 10.9. The molecule has 0 saturated heterocycles. The highest BCUT2D eigenvalue weighted by Gasteiger charge is 2.43. The molecule has 2 amide bonds. The number of rotatable bonds is 12. The van der Waals surface area contributed by atoms with Gasteiger partial charge in [0.1, 0.15) is 5.82 Å². The summed E-state index contributed by atoms with van der Waals surface area (Å²) in [5.41, 5.74) is 2.37. The van der Waals surface area contributed by atoms with E-state index in [9.17, 15) is 9.18 Å². The number of carbonyl (C=O) groups is 1. The van der Waals surface area contributed by atoms with Crippen LogP contribution in [0.15, 0.2) is 43.0 Å². The van der Waals surface area contributed by atoms with Crippen LogP contribution in [0.1, 0.15) is 63.5 Å². The standard InChI is InChI=1S/C25H37FN2O/c1-5-6-17-28(24(29)27-4)18-9-7-8-14-25(15-16-25)22-12-13-23(26)21(19-22)11-10-20(2)3/h5,7,9,12-13,19-20H,1,6,8,10-11,14-18H2,2-4H3,(H,27,29)/b9-7+. The number of nitrogens with zero attached hydrogens (tertiary/aromatic N) is 1. The molecule has 0 unspecified atom stereocenters. The van der Waals surface area contributed by atoms with Crippen molar-refractivity contribution in [3.8, 4) is 0 Å². The van der Waals surface area contributed by atoms with Crippen molar-refractivity contribution >= 4 is 6.03 Å². The zero-order chi connectivity index (χ0) is 21.3. The number of hydrogen-bond acceptors (Lipinski definition) is 1. The summed E-state index contributed by atoms with van der Waals surface area (Å²) in [6.07, 6.45) is 13.1. The Balaban J connectivity index is 1.90. The van der Waals surface area contributed by atoms with Crippen LogP contribution in [0.3, 0.4) is 0 Å². The molecule has 2 rings (SSSR count). The second-order valence-corrected chi connectivity index (χ2v) is 8.61. The third kappa shape index (κ3) is 7.02. The van der Waals surface area contributed by atoms with Gasteiger partial charge >= 0.3 is 6.03 Å². The minimum absolute atomic E-state index is 0.0598. The summed E-state index contributed by atoms with van der Waals surface area (Å²) in [6.45, 7) is 9.36. The SMILES string of the molecule is C=CCCN(C/C=C/CCC1(c2ccc(F)c(CCC(C)C)c2)CC1)C(=O)NC. The van der Waals surface area contributed by atoms with E-state index < -0.39 is 0 Å². The summed E-state index contributed by atoms with van der Waals surface area (Å²) in [4.78, 5) is 13.7. The summed E-state index contributed by atoms with van der Waals surface area (Å²) in [5, 5.41) is 2.69. The van der Waals surface area contributed by atoms with E-state index in [1.807, 2.05) is 12.1 Å². The van der Waals surface area contributed by atoms with Gasteiger partial charge in [-0.1, -0.05) is 44.2 Å². The van der Waals surface area contributed by atoms with Gasteiger partial charge in [-0.2, -0.15) is 0 Å². The van der Waals surface area contributed by atoms with Crippen molar-refractivity contribution in [3.63, 3.8) is 0 Å². The van der Waals surface area contributed by atoms with Gasteiger partial charge in [0.25, 0.3) is 0 Å². The minimum atomic E-state index is -0.0705. The molecule has 4 heteroatoms. The Morgan fingerprint density at radius 1 is 1.31 bits per heavy atom. The number of allylic oxidation sites excluding steroid dienone is 1. The van der Waals surface area contributed by atoms with Crippen LogP contribution in [0.4, 0.5) is 9.18 Å². The molecule has 1 N–H and O–H groups in total. The van der Waals surface area contributed by atoms with E-state index in [2.05, 4.69) is 44.0 Å². The Bertz CT molecular complexity index is 707. The number of hydrogen-bond donors (Lipinski definition) is 1. The van der Waals surface area contributed by atoms with E-state index in [1.165, 1.54) is 18.4 Å². The molecule has 1 aromatic rings. The van der Waals surface area contributed by atoms with E-state index >= 15 is 0 Å². The molecule has 1 saturated carbocycles. The van der Waals surface area contributed by atoms with Crippen LogP contribution in [0, 0.1) is 11.7 Å². The maximum absolute atomic E-state index is 14.2. The van der Waals surface area contributed by atoms with Crippen LogP contribution in [0.2, 0.25) is 0 Å². The lowest BCUT2D eigenvalue weighted by Gasteiger charge is -2.20. The van der Waals surface area contributed by atoms with Crippen molar-refractivity contribution in [3.05, 3.63) is 60.0 Å². The molecule has 0 spiro atoms. The van der Waals surface area contributed by atoms with Crippen LogP contribution in [-0.4, -0.2) is 31.1 Å². The lowest BCUT2D eigenvalue weighted by atomic mass is 9.88. The van der Waals surface area contributed by atoms with Gasteiger partial charge in [0, 0.05) is 20.1 Å². The van der Waals surface area contributed by atoms with Crippen molar-refractivity contribution in [1.82, 2.24) is 10.2 Å². The second kappa shape index (κ2) is 11.2. The molecule has 0 atom stereocenters. The molecule has 1 aliphatic rings. The highest BCUT2D eigenvalue weighted by molar-refractivity contribution is 5.73. The first-order chi connectivity index (χ1) is 13.9. The van der Waals surface area contributed by atoms with Crippen LogP contribution >= 0.6 is 0 Å². The Hall–Kier alpha value is -2.10. The number of benzene rings is 1. The molecular formula is C25H37FN2O. The van der Waals surface area contributed by atoms with Gasteiger partial charge in [-0.25, -0.2) is 9.18 Å². The first-order valence-corrected chi connectivity index (χ1v) is 10.9. The zero-order valence-electron chi connectivity index (χ0n) is 18.3. The molecule has 160 valence electrons. The van der Waals surface area contributed by atoms with E-state index in [0.29, 0.717) is 19.0 Å². The van der Waals surface area contributed by atoms with Gasteiger partial charge in [-0.05, 0) is 73.5 Å². The zero-order valence-corrected chi connectivity index (χ0v) is 18.3. The van der Waals surface area contributed by atoms with Gasteiger partial charge in [-0.3, -0.25) is 0 Å². The number of nitrogens with one attached hydrogen (secondary N) is 1. The summed E-state index contributed by atoms with van der Waals surface area (Å²) in [7, 11) is 1.65. The fraction of sp³-hybridized carbons (Fsp3) is 0.560. The molecular weight excluding hydrogens is 363 g/mol. The molecule has 0 aliphatic heterocycles. The van der Waals surface area contributed by atoms with Crippen molar-refractivity contribution in [2.75, 3.05) is 20.1 Å². The maximum atomic E-state index is 14.2. The molecule has 29 heavy (non-hydrogen) atoms. The summed E-state index contributed by atoms with van der Waals surface area (Å²) in [5.74, 6) is 0.512. The van der Waals surface area contributed by atoms with Crippen LogP contribution < -0.4 is 5.32 Å². The van der Waals surface area contributed by atoms with Gasteiger partial charge in [0.2, 0.25) is 0 Å². The average molecular weight is 401 g/mol. The van der Waals surface area contributed by atoms with Crippen molar-refractivity contribution < 1.29 is 9.18 Å². The maximum Gasteiger partial charge on any atom is 0.317 e. The Morgan fingerprint density at radius 2 is 2.07 bits per heavy atom.